The Morgan fingerprint density at radius 2 is 1.61 bits per heavy atom. The van der Waals surface area contributed by atoms with Crippen molar-refractivity contribution in [3.05, 3.63) is 60.2 Å². The van der Waals surface area contributed by atoms with E-state index in [0.717, 1.165) is 5.56 Å². The summed E-state index contributed by atoms with van der Waals surface area (Å²) in [6.07, 6.45) is -0.803. The van der Waals surface area contributed by atoms with Crippen molar-refractivity contribution in [2.24, 2.45) is 0 Å². The Morgan fingerprint density at radius 3 is 2.26 bits per heavy atom. The smallest absolute Gasteiger partial charge is 0.408 e. The molecule has 0 aromatic heterocycles. The van der Waals surface area contributed by atoms with Crippen molar-refractivity contribution < 1.29 is 27.8 Å². The molecule has 3 rings (SSSR count). The average molecular weight is 449 g/mol. The minimum atomic E-state index is -3.39. The number of hydrogen-bond donors (Lipinski definition) is 0. The van der Waals surface area contributed by atoms with Crippen LogP contribution in [0.15, 0.2) is 54.6 Å². The van der Waals surface area contributed by atoms with E-state index in [-0.39, 0.29) is 6.10 Å². The van der Waals surface area contributed by atoms with Crippen molar-refractivity contribution in [2.45, 2.75) is 33.0 Å². The fraction of sp³-hybridized carbons (Fsp3) is 0.478. The number of para-hydroxylation sites is 2. The fourth-order valence-corrected chi connectivity index (χ4v) is 5.30. The summed E-state index contributed by atoms with van der Waals surface area (Å²) in [6, 6.07) is 17.5. The standard InChI is InChI=1S/C23H32NO6P/c1-4-26-20-14-10-11-15-21(20)30-23(19-12-8-7-9-13-19)22-18-24(16-17-27-22)31(25,28-5-2)29-6-3/h7-15,22-23H,4-6,16-18H2,1-3H3. The predicted octanol–water partition coefficient (Wildman–Crippen LogP) is 5.09. The van der Waals surface area contributed by atoms with Gasteiger partial charge in [-0.05, 0) is 38.5 Å². The zero-order chi connectivity index (χ0) is 22.1. The molecule has 1 aliphatic rings. The molecule has 2 aromatic carbocycles. The molecule has 2 aromatic rings. The number of nitrogens with zero attached hydrogens (tertiary/aromatic N) is 1. The van der Waals surface area contributed by atoms with Gasteiger partial charge < -0.3 is 14.2 Å². The van der Waals surface area contributed by atoms with Crippen LogP contribution in [0.5, 0.6) is 11.5 Å². The summed E-state index contributed by atoms with van der Waals surface area (Å²) >= 11 is 0. The molecule has 0 radical (unpaired) electrons. The average Bonchev–Trinajstić information content (AvgIpc) is 2.80. The van der Waals surface area contributed by atoms with Gasteiger partial charge in [0.25, 0.3) is 0 Å². The Labute approximate surface area is 184 Å². The second-order valence-corrected chi connectivity index (χ2v) is 8.97. The first-order valence-corrected chi connectivity index (χ1v) is 12.3. The molecule has 31 heavy (non-hydrogen) atoms. The molecule has 0 amide bonds. The summed E-state index contributed by atoms with van der Waals surface area (Å²) in [5.74, 6) is 1.31. The normalized spacial score (nSPS) is 18.5. The van der Waals surface area contributed by atoms with E-state index in [9.17, 15) is 4.57 Å². The summed E-state index contributed by atoms with van der Waals surface area (Å²) in [6.45, 7) is 7.92. The van der Waals surface area contributed by atoms with Gasteiger partial charge in [-0.1, -0.05) is 42.5 Å². The van der Waals surface area contributed by atoms with Crippen molar-refractivity contribution in [1.82, 2.24) is 4.67 Å². The lowest BCUT2D eigenvalue weighted by Gasteiger charge is -2.39. The molecule has 170 valence electrons. The Kier molecular flexibility index (Phi) is 8.93. The third-order valence-electron chi connectivity index (χ3n) is 4.87. The lowest BCUT2D eigenvalue weighted by atomic mass is 10.0. The highest BCUT2D eigenvalue weighted by molar-refractivity contribution is 7.51. The van der Waals surface area contributed by atoms with Gasteiger partial charge in [0.15, 0.2) is 17.6 Å². The third kappa shape index (κ3) is 6.09. The van der Waals surface area contributed by atoms with E-state index in [4.69, 9.17) is 23.3 Å². The zero-order valence-corrected chi connectivity index (χ0v) is 19.3. The maximum atomic E-state index is 13.3. The molecule has 1 fully saturated rings. The monoisotopic (exact) mass is 449 g/mol. The highest BCUT2D eigenvalue weighted by Gasteiger charge is 2.40. The molecule has 8 heteroatoms. The number of hydrogen-bond acceptors (Lipinski definition) is 6. The summed E-state index contributed by atoms with van der Waals surface area (Å²) in [7, 11) is -3.39. The van der Waals surface area contributed by atoms with E-state index in [1.165, 1.54) is 0 Å². The Bertz CT molecular complexity index is 839. The number of benzene rings is 2. The van der Waals surface area contributed by atoms with Gasteiger partial charge in [0.2, 0.25) is 0 Å². The molecular weight excluding hydrogens is 417 g/mol. The van der Waals surface area contributed by atoms with Crippen molar-refractivity contribution >= 4 is 7.75 Å². The largest absolute Gasteiger partial charge is 0.490 e. The summed E-state index contributed by atoms with van der Waals surface area (Å²) in [5.41, 5.74) is 0.961. The van der Waals surface area contributed by atoms with Crippen LogP contribution >= 0.6 is 7.75 Å². The van der Waals surface area contributed by atoms with Crippen LogP contribution in [0.1, 0.15) is 32.4 Å². The topological polar surface area (TPSA) is 66.5 Å². The lowest BCUT2D eigenvalue weighted by molar-refractivity contribution is -0.0705. The molecule has 0 N–H and O–H groups in total. The van der Waals surface area contributed by atoms with E-state index in [2.05, 4.69) is 0 Å². The quantitative estimate of drug-likeness (QED) is 0.443. The molecular formula is C23H32NO6P. The van der Waals surface area contributed by atoms with Crippen LogP contribution in [-0.2, 0) is 18.3 Å². The highest BCUT2D eigenvalue weighted by Crippen LogP contribution is 2.53. The highest BCUT2D eigenvalue weighted by atomic mass is 31.2. The van der Waals surface area contributed by atoms with Crippen LogP contribution in [0.4, 0.5) is 0 Å². The summed E-state index contributed by atoms with van der Waals surface area (Å²) in [4.78, 5) is 0. The van der Waals surface area contributed by atoms with Crippen molar-refractivity contribution in [2.75, 3.05) is 39.5 Å². The van der Waals surface area contributed by atoms with Gasteiger partial charge in [-0.3, -0.25) is 9.05 Å². The van der Waals surface area contributed by atoms with Gasteiger partial charge in [-0.25, -0.2) is 9.24 Å². The van der Waals surface area contributed by atoms with E-state index in [0.29, 0.717) is 51.0 Å². The third-order valence-corrected chi connectivity index (χ3v) is 7.10. The van der Waals surface area contributed by atoms with Crippen LogP contribution < -0.4 is 9.47 Å². The van der Waals surface area contributed by atoms with E-state index in [1.807, 2.05) is 75.4 Å². The zero-order valence-electron chi connectivity index (χ0n) is 18.4. The first-order valence-electron chi connectivity index (χ1n) is 10.8. The van der Waals surface area contributed by atoms with Crippen LogP contribution in [0.25, 0.3) is 0 Å². The second-order valence-electron chi connectivity index (χ2n) is 6.95. The minimum absolute atomic E-state index is 0.305. The van der Waals surface area contributed by atoms with Gasteiger partial charge in [0.05, 0.1) is 26.4 Å². The van der Waals surface area contributed by atoms with Crippen molar-refractivity contribution in [3.8, 4) is 11.5 Å². The van der Waals surface area contributed by atoms with Gasteiger partial charge in [0.1, 0.15) is 6.10 Å². The Balaban J connectivity index is 1.89. The van der Waals surface area contributed by atoms with Crippen molar-refractivity contribution in [1.29, 1.82) is 0 Å². The van der Waals surface area contributed by atoms with Crippen molar-refractivity contribution in [3.63, 3.8) is 0 Å². The Hall–Kier alpha value is -1.89. The molecule has 7 nitrogen and oxygen atoms in total. The van der Waals surface area contributed by atoms with Gasteiger partial charge in [-0.15, -0.1) is 0 Å². The van der Waals surface area contributed by atoms with E-state index < -0.39 is 13.9 Å². The van der Waals surface area contributed by atoms with Gasteiger partial charge in [0, 0.05) is 13.1 Å². The number of ether oxygens (including phenoxy) is 3. The predicted molar refractivity (Wildman–Crippen MR) is 120 cm³/mol. The first kappa shape index (κ1) is 23.8. The maximum absolute atomic E-state index is 13.3. The minimum Gasteiger partial charge on any atom is -0.490 e. The fourth-order valence-electron chi connectivity index (χ4n) is 3.55. The number of morpholine rings is 1. The second kappa shape index (κ2) is 11.7. The SMILES string of the molecule is CCOc1ccccc1OC(c1ccccc1)C1CN(P(=O)(OCC)OCC)CCO1. The molecule has 1 saturated heterocycles. The molecule has 0 aliphatic carbocycles. The molecule has 1 heterocycles. The van der Waals surface area contributed by atoms with Gasteiger partial charge >= 0.3 is 7.75 Å². The molecule has 0 bridgehead atoms. The van der Waals surface area contributed by atoms with Crippen LogP contribution in [0.2, 0.25) is 0 Å². The molecule has 2 atom stereocenters. The number of rotatable bonds is 11. The summed E-state index contributed by atoms with van der Waals surface area (Å²) < 4.78 is 44.5. The molecule has 0 spiro atoms. The molecule has 0 saturated carbocycles. The van der Waals surface area contributed by atoms with Crippen LogP contribution in [0, 0.1) is 0 Å². The first-order chi connectivity index (χ1) is 15.1. The lowest BCUT2D eigenvalue weighted by Crippen LogP contribution is -2.45. The van der Waals surface area contributed by atoms with Crippen LogP contribution in [-0.4, -0.2) is 50.3 Å². The summed E-state index contributed by atoms with van der Waals surface area (Å²) in [5, 5.41) is 0. The molecule has 2 unspecified atom stereocenters. The van der Waals surface area contributed by atoms with Crippen LogP contribution in [0.3, 0.4) is 0 Å². The van der Waals surface area contributed by atoms with E-state index in [1.54, 1.807) is 4.67 Å². The maximum Gasteiger partial charge on any atom is 0.408 e. The molecule has 1 aliphatic heterocycles. The van der Waals surface area contributed by atoms with E-state index >= 15 is 0 Å². The van der Waals surface area contributed by atoms with Gasteiger partial charge in [-0.2, -0.15) is 0 Å². The Morgan fingerprint density at radius 1 is 0.968 bits per heavy atom.